The van der Waals surface area contributed by atoms with Gasteiger partial charge in [-0.3, -0.25) is 13.9 Å². The van der Waals surface area contributed by atoms with Gasteiger partial charge in [-0.15, -0.1) is 0 Å². The van der Waals surface area contributed by atoms with Crippen molar-refractivity contribution in [3.05, 3.63) is 78.9 Å². The van der Waals surface area contributed by atoms with Crippen LogP contribution >= 0.6 is 0 Å². The van der Waals surface area contributed by atoms with Gasteiger partial charge in [-0.1, -0.05) is 18.2 Å². The molecule has 2 N–H and O–H groups in total. The summed E-state index contributed by atoms with van der Waals surface area (Å²) < 4.78 is 33.2. The molecule has 0 unspecified atom stereocenters. The Hall–Kier alpha value is -3.85. The van der Waals surface area contributed by atoms with E-state index in [1.807, 2.05) is 6.92 Å². The van der Waals surface area contributed by atoms with E-state index in [1.165, 1.54) is 19.1 Å². The fourth-order valence-electron chi connectivity index (χ4n) is 3.08. The molecule has 9 heteroatoms. The zero-order valence-electron chi connectivity index (χ0n) is 18.3. The molecule has 0 saturated heterocycles. The number of carbonyl (C=O) groups excluding carboxylic acids is 2. The zero-order valence-corrected chi connectivity index (χ0v) is 19.1. The third-order valence-corrected chi connectivity index (χ3v) is 6.33. The molecule has 2 amide bonds. The van der Waals surface area contributed by atoms with Crippen molar-refractivity contribution in [1.82, 2.24) is 0 Å². The summed E-state index contributed by atoms with van der Waals surface area (Å²) in [6, 6.07) is 21.0. The van der Waals surface area contributed by atoms with Gasteiger partial charge in [0.15, 0.2) is 0 Å². The highest BCUT2D eigenvalue weighted by Crippen LogP contribution is 2.26. The second kappa shape index (κ2) is 10.6. The highest BCUT2D eigenvalue weighted by Gasteiger charge is 2.27. The molecule has 0 bridgehead atoms. The summed E-state index contributed by atoms with van der Waals surface area (Å²) in [4.78, 5) is 24.0. The molecule has 0 aliphatic rings. The Morgan fingerprint density at radius 2 is 1.42 bits per heavy atom. The van der Waals surface area contributed by atoms with Crippen molar-refractivity contribution in [3.8, 4) is 5.75 Å². The molecule has 0 atom stereocenters. The lowest BCUT2D eigenvalue weighted by Crippen LogP contribution is -2.38. The Morgan fingerprint density at radius 1 is 0.848 bits per heavy atom. The highest BCUT2D eigenvalue weighted by atomic mass is 32.2. The van der Waals surface area contributed by atoms with E-state index in [0.717, 1.165) is 4.31 Å². The topological polar surface area (TPSA) is 105 Å². The number of amides is 2. The summed E-state index contributed by atoms with van der Waals surface area (Å²) in [5.41, 5.74) is 1.39. The van der Waals surface area contributed by atoms with E-state index in [0.29, 0.717) is 29.4 Å². The highest BCUT2D eigenvalue weighted by molar-refractivity contribution is 7.92. The number of hydrogen-bond donors (Lipinski definition) is 2. The summed E-state index contributed by atoms with van der Waals surface area (Å²) >= 11 is 0. The van der Waals surface area contributed by atoms with Gasteiger partial charge >= 0.3 is 0 Å². The molecule has 172 valence electrons. The van der Waals surface area contributed by atoms with Crippen molar-refractivity contribution in [2.45, 2.75) is 18.7 Å². The Kier molecular flexibility index (Phi) is 7.68. The number of rotatable bonds is 9. The number of hydrogen-bond acceptors (Lipinski definition) is 5. The van der Waals surface area contributed by atoms with Crippen LogP contribution in [0.2, 0.25) is 0 Å². The predicted octanol–water partition coefficient (Wildman–Crippen LogP) is 3.88. The molecule has 0 aromatic heterocycles. The average Bonchev–Trinajstić information content (AvgIpc) is 2.80. The molecule has 0 radical (unpaired) electrons. The van der Waals surface area contributed by atoms with Crippen molar-refractivity contribution in [2.24, 2.45) is 0 Å². The minimum atomic E-state index is -4.00. The summed E-state index contributed by atoms with van der Waals surface area (Å²) in [5, 5.41) is 5.34. The third-order valence-electron chi connectivity index (χ3n) is 4.54. The van der Waals surface area contributed by atoms with E-state index in [1.54, 1.807) is 66.7 Å². The lowest BCUT2D eigenvalue weighted by molar-refractivity contribution is -0.115. The molecule has 0 spiro atoms. The van der Waals surface area contributed by atoms with Gasteiger partial charge in [0.25, 0.3) is 10.0 Å². The maximum Gasteiger partial charge on any atom is 0.264 e. The minimum absolute atomic E-state index is 0.0753. The van der Waals surface area contributed by atoms with Gasteiger partial charge in [-0.2, -0.15) is 0 Å². The summed E-state index contributed by atoms with van der Waals surface area (Å²) in [7, 11) is -4.00. The van der Waals surface area contributed by atoms with E-state index < -0.39 is 22.5 Å². The van der Waals surface area contributed by atoms with Crippen LogP contribution in [0.3, 0.4) is 0 Å². The Balaban J connectivity index is 1.84. The van der Waals surface area contributed by atoms with Crippen LogP contribution in [0.5, 0.6) is 5.75 Å². The smallest absolute Gasteiger partial charge is 0.264 e. The number of benzene rings is 3. The molecule has 0 fully saturated rings. The van der Waals surface area contributed by atoms with Crippen molar-refractivity contribution < 1.29 is 22.7 Å². The second-order valence-corrected chi connectivity index (χ2v) is 8.92. The summed E-state index contributed by atoms with van der Waals surface area (Å²) in [5.74, 6) is -0.124. The van der Waals surface area contributed by atoms with E-state index in [2.05, 4.69) is 10.6 Å². The van der Waals surface area contributed by atoms with E-state index in [9.17, 15) is 18.0 Å². The van der Waals surface area contributed by atoms with Gasteiger partial charge < -0.3 is 15.4 Å². The van der Waals surface area contributed by atoms with Crippen molar-refractivity contribution in [2.75, 3.05) is 28.1 Å². The quantitative estimate of drug-likeness (QED) is 0.497. The normalized spacial score (nSPS) is 10.8. The fraction of sp³-hybridized carbons (Fsp3) is 0.167. The summed E-state index contributed by atoms with van der Waals surface area (Å²) in [6.45, 7) is 3.30. The van der Waals surface area contributed by atoms with Gasteiger partial charge in [0, 0.05) is 18.3 Å². The molecule has 3 aromatic carbocycles. The molecule has 3 aromatic rings. The summed E-state index contributed by atoms with van der Waals surface area (Å²) in [6.07, 6.45) is 0. The fourth-order valence-corrected chi connectivity index (χ4v) is 4.52. The minimum Gasteiger partial charge on any atom is -0.494 e. The maximum absolute atomic E-state index is 13.4. The molecule has 0 heterocycles. The zero-order chi connectivity index (χ0) is 23.8. The number of anilines is 3. The van der Waals surface area contributed by atoms with Gasteiger partial charge in [0.1, 0.15) is 12.3 Å². The number of nitrogens with one attached hydrogen (secondary N) is 2. The first kappa shape index (κ1) is 23.8. The standard InChI is InChI=1S/C24H25N3O5S/c1-3-32-22-15-13-21(14-16-22)27(33(30,31)23-7-5-4-6-8-23)17-24(29)26-20-11-9-19(10-12-20)25-18(2)28/h4-16H,3,17H2,1-2H3,(H,25,28)(H,26,29). The number of ether oxygens (including phenoxy) is 1. The largest absolute Gasteiger partial charge is 0.494 e. The van der Waals surface area contributed by atoms with Crippen molar-refractivity contribution in [1.29, 1.82) is 0 Å². The molecule has 0 aliphatic heterocycles. The average molecular weight is 468 g/mol. The second-order valence-electron chi connectivity index (χ2n) is 7.06. The molecular formula is C24H25N3O5S. The van der Waals surface area contributed by atoms with Crippen LogP contribution in [-0.4, -0.2) is 33.4 Å². The molecular weight excluding hydrogens is 442 g/mol. The third kappa shape index (κ3) is 6.33. The molecule has 33 heavy (non-hydrogen) atoms. The molecule has 0 saturated carbocycles. The van der Waals surface area contributed by atoms with Crippen LogP contribution in [0.1, 0.15) is 13.8 Å². The number of sulfonamides is 1. The molecule has 3 rings (SSSR count). The van der Waals surface area contributed by atoms with Crippen LogP contribution in [-0.2, 0) is 19.6 Å². The van der Waals surface area contributed by atoms with Crippen LogP contribution in [0.4, 0.5) is 17.1 Å². The Labute approximate surface area is 193 Å². The lowest BCUT2D eigenvalue weighted by atomic mass is 10.2. The van der Waals surface area contributed by atoms with Gasteiger partial charge in [-0.25, -0.2) is 8.42 Å². The lowest BCUT2D eigenvalue weighted by Gasteiger charge is -2.24. The Morgan fingerprint density at radius 3 is 1.97 bits per heavy atom. The first-order valence-electron chi connectivity index (χ1n) is 10.3. The number of nitrogens with zero attached hydrogens (tertiary/aromatic N) is 1. The van der Waals surface area contributed by atoms with Crippen LogP contribution < -0.4 is 19.7 Å². The van der Waals surface area contributed by atoms with Gasteiger partial charge in [-0.05, 0) is 67.6 Å². The van der Waals surface area contributed by atoms with Crippen LogP contribution in [0.25, 0.3) is 0 Å². The predicted molar refractivity (Wildman–Crippen MR) is 128 cm³/mol. The first-order chi connectivity index (χ1) is 15.8. The van der Waals surface area contributed by atoms with E-state index in [-0.39, 0.29) is 10.8 Å². The molecule has 0 aliphatic carbocycles. The maximum atomic E-state index is 13.4. The monoisotopic (exact) mass is 467 g/mol. The number of carbonyl (C=O) groups is 2. The van der Waals surface area contributed by atoms with Crippen LogP contribution in [0.15, 0.2) is 83.8 Å². The van der Waals surface area contributed by atoms with Gasteiger partial charge in [0.05, 0.1) is 17.2 Å². The van der Waals surface area contributed by atoms with Crippen molar-refractivity contribution in [3.63, 3.8) is 0 Å². The molecule has 8 nitrogen and oxygen atoms in total. The van der Waals surface area contributed by atoms with Crippen LogP contribution in [0, 0.1) is 0 Å². The SMILES string of the molecule is CCOc1ccc(N(CC(=O)Nc2ccc(NC(C)=O)cc2)S(=O)(=O)c2ccccc2)cc1. The Bertz CT molecular complexity index is 1200. The first-order valence-corrected chi connectivity index (χ1v) is 11.7. The van der Waals surface area contributed by atoms with E-state index in [4.69, 9.17) is 4.74 Å². The van der Waals surface area contributed by atoms with Gasteiger partial charge in [0.2, 0.25) is 11.8 Å². The van der Waals surface area contributed by atoms with E-state index >= 15 is 0 Å². The van der Waals surface area contributed by atoms with Crippen molar-refractivity contribution >= 4 is 38.9 Å².